The average molecular weight is 438 g/mol. The SMILES string of the molecule is Cc1cc2c(cc1CN1CCC[C@H]([C@@H](NC(=O)[C@H]3CCCO3)c3ccccn3)C1)OCO2. The van der Waals surface area contributed by atoms with Gasteiger partial charge >= 0.3 is 0 Å². The Bertz CT molecular complexity index is 946. The molecule has 3 aliphatic rings. The fourth-order valence-electron chi connectivity index (χ4n) is 5.03. The minimum atomic E-state index is -0.336. The van der Waals surface area contributed by atoms with Crippen molar-refractivity contribution in [1.82, 2.24) is 15.2 Å². The van der Waals surface area contributed by atoms with Crippen LogP contribution in [0.2, 0.25) is 0 Å². The number of carbonyl (C=O) groups excluding carboxylic acids is 1. The highest BCUT2D eigenvalue weighted by Crippen LogP contribution is 2.36. The van der Waals surface area contributed by atoms with E-state index in [4.69, 9.17) is 14.2 Å². The lowest BCUT2D eigenvalue weighted by atomic mass is 9.87. The van der Waals surface area contributed by atoms with Crippen LogP contribution < -0.4 is 14.8 Å². The van der Waals surface area contributed by atoms with Crippen molar-refractivity contribution < 1.29 is 19.0 Å². The van der Waals surface area contributed by atoms with Crippen LogP contribution in [0.3, 0.4) is 0 Å². The van der Waals surface area contributed by atoms with Crippen LogP contribution in [0.15, 0.2) is 36.5 Å². The molecule has 7 nitrogen and oxygen atoms in total. The predicted molar refractivity (Wildman–Crippen MR) is 119 cm³/mol. The van der Waals surface area contributed by atoms with E-state index < -0.39 is 0 Å². The normalized spacial score (nSPS) is 23.8. The summed E-state index contributed by atoms with van der Waals surface area (Å²) >= 11 is 0. The van der Waals surface area contributed by atoms with Gasteiger partial charge in [0.15, 0.2) is 11.5 Å². The number of piperidine rings is 1. The summed E-state index contributed by atoms with van der Waals surface area (Å²) in [4.78, 5) is 20.0. The highest BCUT2D eigenvalue weighted by atomic mass is 16.7. The number of hydrogen-bond donors (Lipinski definition) is 1. The van der Waals surface area contributed by atoms with Crippen LogP contribution in [0.25, 0.3) is 0 Å². The zero-order chi connectivity index (χ0) is 21.9. The number of nitrogens with zero attached hydrogens (tertiary/aromatic N) is 2. The molecule has 2 fully saturated rings. The minimum Gasteiger partial charge on any atom is -0.454 e. The van der Waals surface area contributed by atoms with Crippen LogP contribution in [0.4, 0.5) is 0 Å². The second-order valence-electron chi connectivity index (χ2n) is 9.01. The Morgan fingerprint density at radius 2 is 2.09 bits per heavy atom. The van der Waals surface area contributed by atoms with E-state index in [1.807, 2.05) is 18.2 Å². The lowest BCUT2D eigenvalue weighted by Gasteiger charge is -2.37. The Balaban J connectivity index is 1.31. The Morgan fingerprint density at radius 1 is 1.22 bits per heavy atom. The Kier molecular flexibility index (Phi) is 6.28. The third kappa shape index (κ3) is 4.59. The summed E-state index contributed by atoms with van der Waals surface area (Å²) in [5.41, 5.74) is 3.39. The highest BCUT2D eigenvalue weighted by Gasteiger charge is 2.33. The second-order valence-corrected chi connectivity index (χ2v) is 9.01. The van der Waals surface area contributed by atoms with E-state index in [2.05, 4.69) is 34.3 Å². The van der Waals surface area contributed by atoms with E-state index in [-0.39, 0.29) is 18.1 Å². The molecule has 1 N–H and O–H groups in total. The molecule has 0 bridgehead atoms. The largest absolute Gasteiger partial charge is 0.454 e. The topological polar surface area (TPSA) is 72.9 Å². The molecule has 0 aliphatic carbocycles. The maximum absolute atomic E-state index is 12.9. The number of amides is 1. The van der Waals surface area contributed by atoms with E-state index in [1.165, 1.54) is 11.1 Å². The van der Waals surface area contributed by atoms with E-state index in [9.17, 15) is 4.79 Å². The number of carbonyl (C=O) groups is 1. The summed E-state index contributed by atoms with van der Waals surface area (Å²) in [5, 5.41) is 3.29. The molecular weight excluding hydrogens is 406 g/mol. The van der Waals surface area contributed by atoms with Crippen LogP contribution in [-0.4, -0.2) is 48.4 Å². The molecule has 170 valence electrons. The number of ether oxygens (including phenoxy) is 3. The van der Waals surface area contributed by atoms with Gasteiger partial charge in [-0.2, -0.15) is 0 Å². The summed E-state index contributed by atoms with van der Waals surface area (Å²) in [7, 11) is 0. The molecule has 0 unspecified atom stereocenters. The number of nitrogens with one attached hydrogen (secondary N) is 1. The van der Waals surface area contributed by atoms with Gasteiger partial charge < -0.3 is 19.5 Å². The number of fused-ring (bicyclic) bond motifs is 1. The van der Waals surface area contributed by atoms with Crippen molar-refractivity contribution in [3.8, 4) is 11.5 Å². The fraction of sp³-hybridized carbons (Fsp3) is 0.520. The van der Waals surface area contributed by atoms with E-state index in [1.54, 1.807) is 6.20 Å². The number of pyridine rings is 1. The van der Waals surface area contributed by atoms with Gasteiger partial charge in [-0.15, -0.1) is 0 Å². The number of rotatable bonds is 6. The van der Waals surface area contributed by atoms with E-state index in [0.717, 1.165) is 62.5 Å². The Labute approximate surface area is 189 Å². The molecule has 2 saturated heterocycles. The van der Waals surface area contributed by atoms with Crippen molar-refractivity contribution in [3.63, 3.8) is 0 Å². The van der Waals surface area contributed by atoms with Crippen LogP contribution in [0.1, 0.15) is 48.5 Å². The molecule has 1 amide bonds. The lowest BCUT2D eigenvalue weighted by Crippen LogP contribution is -2.45. The first-order valence-corrected chi connectivity index (χ1v) is 11.6. The van der Waals surface area contributed by atoms with Crippen LogP contribution in [0.5, 0.6) is 11.5 Å². The zero-order valence-corrected chi connectivity index (χ0v) is 18.6. The molecule has 0 radical (unpaired) electrons. The van der Waals surface area contributed by atoms with E-state index >= 15 is 0 Å². The fourth-order valence-corrected chi connectivity index (χ4v) is 5.03. The van der Waals surface area contributed by atoms with Crippen molar-refractivity contribution in [2.75, 3.05) is 26.5 Å². The Morgan fingerprint density at radius 3 is 2.88 bits per heavy atom. The molecule has 1 aromatic carbocycles. The van der Waals surface area contributed by atoms with Crippen molar-refractivity contribution in [1.29, 1.82) is 0 Å². The smallest absolute Gasteiger partial charge is 0.249 e. The van der Waals surface area contributed by atoms with Crippen molar-refractivity contribution in [2.45, 2.75) is 51.3 Å². The van der Waals surface area contributed by atoms with Crippen molar-refractivity contribution in [3.05, 3.63) is 53.3 Å². The predicted octanol–water partition coefficient (Wildman–Crippen LogP) is 3.37. The maximum atomic E-state index is 12.9. The summed E-state index contributed by atoms with van der Waals surface area (Å²) in [5.74, 6) is 1.93. The van der Waals surface area contributed by atoms with Gasteiger partial charge in [-0.1, -0.05) is 6.07 Å². The summed E-state index contributed by atoms with van der Waals surface area (Å²) in [6, 6.07) is 9.98. The number of benzene rings is 1. The standard InChI is InChI=1S/C25H31N3O4/c1-17-12-22-23(32-16-31-22)13-19(17)15-28-10-4-6-18(14-28)24(20-7-2-3-9-26-20)27-25(29)21-8-5-11-30-21/h2-3,7,9,12-13,18,21,24H,4-6,8,10-11,14-16H2,1H3,(H,27,29)/t18-,21+,24+/m0/s1. The van der Waals surface area contributed by atoms with Crippen LogP contribution >= 0.6 is 0 Å². The molecule has 3 atom stereocenters. The van der Waals surface area contributed by atoms with Gasteiger partial charge in [0.05, 0.1) is 11.7 Å². The minimum absolute atomic E-state index is 0.0121. The monoisotopic (exact) mass is 437 g/mol. The Hall–Kier alpha value is -2.64. The molecule has 2 aromatic rings. The average Bonchev–Trinajstić information content (AvgIpc) is 3.50. The molecular formula is C25H31N3O4. The van der Waals surface area contributed by atoms with Crippen LogP contribution in [0, 0.1) is 12.8 Å². The molecule has 5 rings (SSSR count). The van der Waals surface area contributed by atoms with Gasteiger partial charge in [-0.05, 0) is 80.5 Å². The van der Waals surface area contributed by atoms with Crippen molar-refractivity contribution >= 4 is 5.91 Å². The van der Waals surface area contributed by atoms with Gasteiger partial charge in [0, 0.05) is 25.9 Å². The molecule has 32 heavy (non-hydrogen) atoms. The number of aryl methyl sites for hydroxylation is 1. The first kappa shape index (κ1) is 21.2. The van der Waals surface area contributed by atoms with Gasteiger partial charge in [0.25, 0.3) is 0 Å². The maximum Gasteiger partial charge on any atom is 0.249 e. The van der Waals surface area contributed by atoms with Crippen LogP contribution in [-0.2, 0) is 16.1 Å². The van der Waals surface area contributed by atoms with Gasteiger partial charge in [0.1, 0.15) is 6.10 Å². The number of likely N-dealkylation sites (tertiary alicyclic amines) is 1. The third-order valence-corrected chi connectivity index (χ3v) is 6.76. The molecule has 3 aliphatic heterocycles. The third-order valence-electron chi connectivity index (χ3n) is 6.76. The van der Waals surface area contributed by atoms with Gasteiger partial charge in [-0.25, -0.2) is 0 Å². The lowest BCUT2D eigenvalue weighted by molar-refractivity contribution is -0.131. The van der Waals surface area contributed by atoms with E-state index in [0.29, 0.717) is 19.3 Å². The first-order valence-electron chi connectivity index (χ1n) is 11.6. The number of aromatic nitrogens is 1. The zero-order valence-electron chi connectivity index (χ0n) is 18.6. The summed E-state index contributed by atoms with van der Waals surface area (Å²) in [6.07, 6.45) is 5.35. The molecule has 4 heterocycles. The summed E-state index contributed by atoms with van der Waals surface area (Å²) < 4.78 is 16.7. The molecule has 0 saturated carbocycles. The molecule has 7 heteroatoms. The quantitative estimate of drug-likeness (QED) is 0.747. The van der Waals surface area contributed by atoms with Gasteiger partial charge in [-0.3, -0.25) is 14.7 Å². The van der Waals surface area contributed by atoms with Crippen molar-refractivity contribution in [2.24, 2.45) is 5.92 Å². The molecule has 1 aromatic heterocycles. The first-order chi connectivity index (χ1) is 15.7. The summed E-state index contributed by atoms with van der Waals surface area (Å²) in [6.45, 7) is 5.88. The van der Waals surface area contributed by atoms with Gasteiger partial charge in [0.2, 0.25) is 12.7 Å². The highest BCUT2D eigenvalue weighted by molar-refractivity contribution is 5.81. The molecule has 0 spiro atoms. The second kappa shape index (κ2) is 9.46. The number of hydrogen-bond acceptors (Lipinski definition) is 6.